The zero-order chi connectivity index (χ0) is 15.1. The van der Waals surface area contributed by atoms with E-state index in [1.165, 1.54) is 0 Å². The first-order valence-corrected chi connectivity index (χ1v) is 6.59. The summed E-state index contributed by atoms with van der Waals surface area (Å²) < 4.78 is 9.92. The van der Waals surface area contributed by atoms with Gasteiger partial charge in [0.05, 0.1) is 6.61 Å². The smallest absolute Gasteiger partial charge is 0.336 e. The fourth-order valence-corrected chi connectivity index (χ4v) is 1.38. The molecule has 0 saturated heterocycles. The molecule has 0 atom stereocenters. The van der Waals surface area contributed by atoms with Gasteiger partial charge in [-0.15, -0.1) is 0 Å². The molecule has 20 heavy (non-hydrogen) atoms. The first-order chi connectivity index (χ1) is 9.38. The number of hydrogen-bond acceptors (Lipinski definition) is 4. The quantitative estimate of drug-likeness (QED) is 0.475. The maximum absolute atomic E-state index is 11.5. The van der Waals surface area contributed by atoms with E-state index in [4.69, 9.17) is 21.1 Å². The molecule has 0 aliphatic rings. The van der Waals surface area contributed by atoms with E-state index in [0.717, 1.165) is 17.7 Å². The van der Waals surface area contributed by atoms with Crippen molar-refractivity contribution in [1.29, 1.82) is 0 Å². The molecule has 108 valence electrons. The Hall–Kier alpha value is -1.81. The van der Waals surface area contributed by atoms with Crippen LogP contribution in [0.4, 0.5) is 0 Å². The minimum absolute atomic E-state index is 0.247. The van der Waals surface area contributed by atoms with Gasteiger partial charge in [-0.25, -0.2) is 9.59 Å². The van der Waals surface area contributed by atoms with Gasteiger partial charge >= 0.3 is 11.9 Å². The van der Waals surface area contributed by atoms with Gasteiger partial charge in [0, 0.05) is 17.2 Å². The molecule has 0 spiro atoms. The van der Waals surface area contributed by atoms with E-state index in [-0.39, 0.29) is 5.92 Å². The average molecular weight is 297 g/mol. The molecule has 0 fully saturated rings. The Morgan fingerprint density at radius 1 is 1.25 bits per heavy atom. The first-order valence-electron chi connectivity index (χ1n) is 6.21. The van der Waals surface area contributed by atoms with Gasteiger partial charge in [0.15, 0.2) is 0 Å². The highest BCUT2D eigenvalue weighted by Gasteiger charge is 2.05. The van der Waals surface area contributed by atoms with Crippen LogP contribution in [0.2, 0.25) is 5.02 Å². The predicted molar refractivity (Wildman–Crippen MR) is 76.8 cm³/mol. The number of benzene rings is 1. The number of aryl methyl sites for hydroxylation is 1. The molecule has 0 N–H and O–H groups in total. The van der Waals surface area contributed by atoms with Crippen molar-refractivity contribution in [2.24, 2.45) is 5.92 Å². The zero-order valence-corrected chi connectivity index (χ0v) is 12.4. The van der Waals surface area contributed by atoms with E-state index in [1.54, 1.807) is 25.1 Å². The minimum atomic E-state index is -0.645. The Morgan fingerprint density at radius 3 is 2.50 bits per heavy atom. The van der Waals surface area contributed by atoms with Gasteiger partial charge in [0.2, 0.25) is 0 Å². The third-order valence-electron chi connectivity index (χ3n) is 2.26. The Balaban J connectivity index is 2.50. The minimum Gasteiger partial charge on any atom is -0.462 e. The van der Waals surface area contributed by atoms with Gasteiger partial charge in [-0.05, 0) is 36.6 Å². The lowest BCUT2D eigenvalue weighted by Gasteiger charge is -2.04. The van der Waals surface area contributed by atoms with E-state index in [9.17, 15) is 9.59 Å². The van der Waals surface area contributed by atoms with Crippen molar-refractivity contribution in [2.75, 3.05) is 6.61 Å². The lowest BCUT2D eigenvalue weighted by molar-refractivity contribution is -0.139. The normalized spacial score (nSPS) is 10.8. The molecule has 0 aliphatic carbocycles. The van der Waals surface area contributed by atoms with Crippen molar-refractivity contribution in [1.82, 2.24) is 0 Å². The molecule has 5 heteroatoms. The van der Waals surface area contributed by atoms with Crippen LogP contribution in [-0.4, -0.2) is 18.5 Å². The number of esters is 2. The van der Waals surface area contributed by atoms with E-state index in [0.29, 0.717) is 17.4 Å². The molecular formula is C15H17ClO4. The van der Waals surface area contributed by atoms with E-state index in [2.05, 4.69) is 0 Å². The van der Waals surface area contributed by atoms with Crippen LogP contribution in [0.5, 0.6) is 5.75 Å². The Kier molecular flexibility index (Phi) is 6.25. The molecule has 1 aromatic carbocycles. The van der Waals surface area contributed by atoms with E-state index in [1.807, 2.05) is 13.8 Å². The van der Waals surface area contributed by atoms with Gasteiger partial charge in [0.25, 0.3) is 0 Å². The van der Waals surface area contributed by atoms with Gasteiger partial charge < -0.3 is 9.47 Å². The lowest BCUT2D eigenvalue weighted by atomic mass is 10.2. The van der Waals surface area contributed by atoms with Crippen LogP contribution in [0, 0.1) is 12.8 Å². The van der Waals surface area contributed by atoms with Crippen LogP contribution >= 0.6 is 11.6 Å². The molecule has 4 nitrogen and oxygen atoms in total. The largest absolute Gasteiger partial charge is 0.462 e. The summed E-state index contributed by atoms with van der Waals surface area (Å²) >= 11 is 5.86. The van der Waals surface area contributed by atoms with Crippen LogP contribution in [0.3, 0.4) is 0 Å². The monoisotopic (exact) mass is 296 g/mol. The fraction of sp³-hybridized carbons (Fsp3) is 0.333. The topological polar surface area (TPSA) is 52.6 Å². The van der Waals surface area contributed by atoms with E-state index >= 15 is 0 Å². The first kappa shape index (κ1) is 16.2. The van der Waals surface area contributed by atoms with Crippen molar-refractivity contribution in [3.63, 3.8) is 0 Å². The van der Waals surface area contributed by atoms with Crippen molar-refractivity contribution < 1.29 is 19.1 Å². The molecule has 0 aromatic heterocycles. The van der Waals surface area contributed by atoms with Gasteiger partial charge in [-0.2, -0.15) is 0 Å². The summed E-state index contributed by atoms with van der Waals surface area (Å²) in [6, 6.07) is 4.86. The highest BCUT2D eigenvalue weighted by Crippen LogP contribution is 2.21. The second kappa shape index (κ2) is 7.70. The highest BCUT2D eigenvalue weighted by molar-refractivity contribution is 6.31. The number of carbonyl (C=O) groups excluding carboxylic acids is 2. The summed E-state index contributed by atoms with van der Waals surface area (Å²) in [6.07, 6.45) is 2.08. The number of carbonyl (C=O) groups is 2. The van der Waals surface area contributed by atoms with E-state index < -0.39 is 11.9 Å². The molecule has 1 rings (SSSR count). The van der Waals surface area contributed by atoms with Crippen LogP contribution in [0.25, 0.3) is 0 Å². The lowest BCUT2D eigenvalue weighted by Crippen LogP contribution is -2.09. The second-order valence-electron chi connectivity index (χ2n) is 4.69. The molecule has 0 aliphatic heterocycles. The Morgan fingerprint density at radius 2 is 1.90 bits per heavy atom. The predicted octanol–water partition coefficient (Wildman–Crippen LogP) is 3.31. The highest BCUT2D eigenvalue weighted by atomic mass is 35.5. The van der Waals surface area contributed by atoms with Crippen LogP contribution < -0.4 is 4.74 Å². The van der Waals surface area contributed by atoms with Crippen LogP contribution in [-0.2, 0) is 14.3 Å². The SMILES string of the molecule is Cc1cc(OC(=O)/C=C/C(=O)OCC(C)C)ccc1Cl. The number of halogens is 1. The molecule has 0 saturated carbocycles. The molecular weight excluding hydrogens is 280 g/mol. The van der Waals surface area contributed by atoms with Crippen LogP contribution in [0.15, 0.2) is 30.4 Å². The molecule has 1 aromatic rings. The third kappa shape index (κ3) is 5.89. The van der Waals surface area contributed by atoms with Crippen LogP contribution in [0.1, 0.15) is 19.4 Å². The average Bonchev–Trinajstić information content (AvgIpc) is 2.38. The van der Waals surface area contributed by atoms with Crippen molar-refractivity contribution in [2.45, 2.75) is 20.8 Å². The third-order valence-corrected chi connectivity index (χ3v) is 2.69. The summed E-state index contributed by atoms with van der Waals surface area (Å²) in [6.45, 7) is 5.97. The maximum Gasteiger partial charge on any atom is 0.336 e. The second-order valence-corrected chi connectivity index (χ2v) is 5.10. The molecule has 0 heterocycles. The van der Waals surface area contributed by atoms with Crippen molar-refractivity contribution >= 4 is 23.5 Å². The summed E-state index contributed by atoms with van der Waals surface area (Å²) in [4.78, 5) is 22.8. The molecule has 0 amide bonds. The summed E-state index contributed by atoms with van der Waals surface area (Å²) in [7, 11) is 0. The number of rotatable bonds is 5. The number of ether oxygens (including phenoxy) is 2. The molecule has 0 radical (unpaired) electrons. The summed E-state index contributed by atoms with van der Waals surface area (Å²) in [5, 5.41) is 0.595. The summed E-state index contributed by atoms with van der Waals surface area (Å²) in [5.74, 6) is -0.593. The Labute approximate surface area is 123 Å². The zero-order valence-electron chi connectivity index (χ0n) is 11.7. The Bertz CT molecular complexity index is 521. The van der Waals surface area contributed by atoms with Gasteiger partial charge in [0.1, 0.15) is 5.75 Å². The molecule has 0 unspecified atom stereocenters. The standard InChI is InChI=1S/C15H17ClO4/c1-10(2)9-19-14(17)6-7-15(18)20-12-4-5-13(16)11(3)8-12/h4-8,10H,9H2,1-3H3/b7-6+. The van der Waals surface area contributed by atoms with Crippen molar-refractivity contribution in [3.05, 3.63) is 40.9 Å². The number of hydrogen-bond donors (Lipinski definition) is 0. The summed E-state index contributed by atoms with van der Waals surface area (Å²) in [5.41, 5.74) is 0.803. The van der Waals surface area contributed by atoms with Gasteiger partial charge in [-0.1, -0.05) is 25.4 Å². The van der Waals surface area contributed by atoms with Gasteiger partial charge in [-0.3, -0.25) is 0 Å². The van der Waals surface area contributed by atoms with Crippen molar-refractivity contribution in [3.8, 4) is 5.75 Å². The fourth-order valence-electron chi connectivity index (χ4n) is 1.26. The molecule has 0 bridgehead atoms. The maximum atomic E-state index is 11.5.